The van der Waals surface area contributed by atoms with Crippen molar-refractivity contribution in [3.8, 4) is 0 Å². The Balaban J connectivity index is 0.000000236. The highest BCUT2D eigenvalue weighted by Gasteiger charge is 2.38. The maximum atomic E-state index is 10.6. The summed E-state index contributed by atoms with van der Waals surface area (Å²) in [6.45, 7) is 6.21. The van der Waals surface area contributed by atoms with Gasteiger partial charge in [-0.1, -0.05) is 12.1 Å². The third-order valence-electron chi connectivity index (χ3n) is 4.12. The lowest BCUT2D eigenvalue weighted by molar-refractivity contribution is -0.192. The second-order valence-corrected chi connectivity index (χ2v) is 5.77. The molecule has 4 nitrogen and oxygen atoms in total. The number of benzene rings is 1. The predicted octanol–water partition coefficient (Wildman–Crippen LogP) is 3.13. The van der Waals surface area contributed by atoms with Gasteiger partial charge in [-0.3, -0.25) is 0 Å². The molecule has 128 valence electrons. The average molecular weight is 331 g/mol. The zero-order valence-corrected chi connectivity index (χ0v) is 12.9. The Morgan fingerprint density at radius 2 is 1.74 bits per heavy atom. The van der Waals surface area contributed by atoms with Crippen LogP contribution in [0, 0.1) is 6.92 Å². The Bertz CT molecular complexity index is 566. The fraction of sp³-hybridized carbons (Fsp3) is 0.562. The molecule has 1 fully saturated rings. The van der Waals surface area contributed by atoms with Gasteiger partial charge in [-0.15, -0.1) is 0 Å². The summed E-state index contributed by atoms with van der Waals surface area (Å²) in [6.07, 6.45) is -2.71. The van der Waals surface area contributed by atoms with E-state index in [1.165, 1.54) is 29.5 Å². The molecule has 0 saturated carbocycles. The van der Waals surface area contributed by atoms with Gasteiger partial charge in [0.2, 0.25) is 0 Å². The third-order valence-corrected chi connectivity index (χ3v) is 4.12. The molecule has 0 aliphatic carbocycles. The molecule has 0 amide bonds. The van der Waals surface area contributed by atoms with E-state index in [2.05, 4.69) is 24.4 Å². The van der Waals surface area contributed by atoms with Crippen LogP contribution in [0.15, 0.2) is 12.1 Å². The summed E-state index contributed by atoms with van der Waals surface area (Å²) >= 11 is 0. The molecular formula is C16H20F3NO3. The van der Waals surface area contributed by atoms with E-state index in [4.69, 9.17) is 14.6 Å². The predicted molar refractivity (Wildman–Crippen MR) is 78.2 cm³/mol. The molecule has 2 aliphatic heterocycles. The van der Waals surface area contributed by atoms with Crippen LogP contribution < -0.4 is 5.32 Å². The summed E-state index contributed by atoms with van der Waals surface area (Å²) in [5, 5.41) is 10.5. The molecule has 0 aromatic heterocycles. The van der Waals surface area contributed by atoms with E-state index in [0.29, 0.717) is 0 Å². The highest BCUT2D eigenvalue weighted by molar-refractivity contribution is 5.73. The highest BCUT2D eigenvalue weighted by atomic mass is 19.4. The number of alkyl halides is 3. The number of rotatable bonds is 1. The van der Waals surface area contributed by atoms with Crippen molar-refractivity contribution in [2.75, 3.05) is 13.2 Å². The van der Waals surface area contributed by atoms with Crippen molar-refractivity contribution in [1.29, 1.82) is 0 Å². The first-order valence-corrected chi connectivity index (χ1v) is 7.50. The molecule has 2 aliphatic rings. The Labute approximate surface area is 132 Å². The van der Waals surface area contributed by atoms with Crippen LogP contribution >= 0.6 is 0 Å². The number of carboxylic acid groups (broad SMARTS) is 1. The molecule has 0 spiro atoms. The van der Waals surface area contributed by atoms with Crippen LogP contribution in [0.25, 0.3) is 0 Å². The van der Waals surface area contributed by atoms with Crippen LogP contribution in [0.5, 0.6) is 0 Å². The zero-order chi connectivity index (χ0) is 17.0. The minimum absolute atomic E-state index is 0.722. The summed E-state index contributed by atoms with van der Waals surface area (Å²) in [5.74, 6) is -2.04. The van der Waals surface area contributed by atoms with Gasteiger partial charge >= 0.3 is 12.1 Å². The molecule has 1 aromatic carbocycles. The molecule has 2 heterocycles. The van der Waals surface area contributed by atoms with E-state index in [1.807, 2.05) is 0 Å². The Kier molecular flexibility index (Phi) is 5.64. The quantitative estimate of drug-likeness (QED) is 0.830. The van der Waals surface area contributed by atoms with Gasteiger partial charge in [-0.2, -0.15) is 13.2 Å². The molecule has 0 bridgehead atoms. The Morgan fingerprint density at radius 1 is 1.22 bits per heavy atom. The highest BCUT2D eigenvalue weighted by Crippen LogP contribution is 2.32. The lowest BCUT2D eigenvalue weighted by atomic mass is 9.86. The van der Waals surface area contributed by atoms with Gasteiger partial charge in [0.15, 0.2) is 0 Å². The maximum absolute atomic E-state index is 10.6. The molecule has 2 N–H and O–H groups in total. The Morgan fingerprint density at radius 3 is 2.26 bits per heavy atom. The van der Waals surface area contributed by atoms with Crippen molar-refractivity contribution in [2.45, 2.75) is 44.9 Å². The number of halogens is 3. The van der Waals surface area contributed by atoms with Crippen molar-refractivity contribution in [3.63, 3.8) is 0 Å². The number of nitrogens with one attached hydrogen (secondary N) is 1. The second-order valence-electron chi connectivity index (χ2n) is 5.77. The van der Waals surface area contributed by atoms with Gasteiger partial charge in [0.1, 0.15) is 0 Å². The summed E-state index contributed by atoms with van der Waals surface area (Å²) < 4.78 is 37.2. The normalized spacial score (nSPS) is 18.1. The van der Waals surface area contributed by atoms with Crippen molar-refractivity contribution in [3.05, 3.63) is 34.4 Å². The van der Waals surface area contributed by atoms with E-state index in [-0.39, 0.29) is 0 Å². The van der Waals surface area contributed by atoms with Crippen LogP contribution in [-0.2, 0) is 22.6 Å². The van der Waals surface area contributed by atoms with Crippen LogP contribution in [0.2, 0.25) is 0 Å². The van der Waals surface area contributed by atoms with E-state index in [0.717, 1.165) is 32.2 Å². The molecule has 3 rings (SSSR count). The molecule has 1 saturated heterocycles. The minimum Gasteiger partial charge on any atom is -0.475 e. The molecule has 7 heteroatoms. The van der Waals surface area contributed by atoms with Crippen LogP contribution in [-0.4, -0.2) is 30.5 Å². The number of aliphatic carboxylic acids is 1. The number of hydrogen-bond acceptors (Lipinski definition) is 3. The second kappa shape index (κ2) is 7.31. The summed E-state index contributed by atoms with van der Waals surface area (Å²) in [7, 11) is 0. The van der Waals surface area contributed by atoms with E-state index in [1.54, 1.807) is 5.56 Å². The minimum atomic E-state index is -5.08. The van der Waals surface area contributed by atoms with E-state index in [9.17, 15) is 13.2 Å². The maximum Gasteiger partial charge on any atom is 0.490 e. The van der Waals surface area contributed by atoms with E-state index < -0.39 is 12.1 Å². The SMILES string of the molecule is Cc1cc2c(cc1C1CCOCC1)CNC2.O=C(O)C(F)(F)F. The molecule has 0 atom stereocenters. The Hall–Kier alpha value is -1.60. The number of carbonyl (C=O) groups is 1. The first kappa shape index (κ1) is 17.7. The van der Waals surface area contributed by atoms with Gasteiger partial charge in [0.05, 0.1) is 0 Å². The first-order chi connectivity index (χ1) is 10.8. The number of aryl methyl sites for hydroxylation is 1. The van der Waals surface area contributed by atoms with Gasteiger partial charge in [-0.25, -0.2) is 4.79 Å². The summed E-state index contributed by atoms with van der Waals surface area (Å²) in [5.41, 5.74) is 6.03. The van der Waals surface area contributed by atoms with Gasteiger partial charge in [0.25, 0.3) is 0 Å². The van der Waals surface area contributed by atoms with Gasteiger partial charge in [-0.05, 0) is 47.9 Å². The molecule has 0 unspecified atom stereocenters. The van der Waals surface area contributed by atoms with Crippen LogP contribution in [0.1, 0.15) is 41.0 Å². The lowest BCUT2D eigenvalue weighted by Crippen LogP contribution is -2.21. The average Bonchev–Trinajstić information content (AvgIpc) is 2.94. The van der Waals surface area contributed by atoms with Crippen molar-refractivity contribution < 1.29 is 27.8 Å². The number of hydrogen-bond donors (Lipinski definition) is 2. The van der Waals surface area contributed by atoms with E-state index >= 15 is 0 Å². The fourth-order valence-corrected chi connectivity index (χ4v) is 2.94. The monoisotopic (exact) mass is 331 g/mol. The number of ether oxygens (including phenoxy) is 1. The molecular weight excluding hydrogens is 311 g/mol. The summed E-state index contributed by atoms with van der Waals surface area (Å²) in [6, 6.07) is 4.81. The smallest absolute Gasteiger partial charge is 0.475 e. The van der Waals surface area contributed by atoms with Crippen LogP contribution in [0.4, 0.5) is 13.2 Å². The number of carboxylic acids is 1. The molecule has 23 heavy (non-hydrogen) atoms. The molecule has 1 aromatic rings. The van der Waals surface area contributed by atoms with Crippen molar-refractivity contribution in [1.82, 2.24) is 5.32 Å². The van der Waals surface area contributed by atoms with Gasteiger partial charge < -0.3 is 15.2 Å². The topological polar surface area (TPSA) is 58.6 Å². The fourth-order valence-electron chi connectivity index (χ4n) is 2.94. The standard InChI is InChI=1S/C14H19NO.C2HF3O2/c1-10-6-12-8-15-9-13(12)7-14(10)11-2-4-16-5-3-11;3-2(4,5)1(6)7/h6-7,11,15H,2-5,8-9H2,1H3;(H,6,7). The lowest BCUT2D eigenvalue weighted by Gasteiger charge is -2.24. The molecule has 0 radical (unpaired) electrons. The first-order valence-electron chi connectivity index (χ1n) is 7.50. The third kappa shape index (κ3) is 4.68. The van der Waals surface area contributed by atoms with Crippen LogP contribution in [0.3, 0.4) is 0 Å². The van der Waals surface area contributed by atoms with Gasteiger partial charge in [0, 0.05) is 26.3 Å². The largest absolute Gasteiger partial charge is 0.490 e. The van der Waals surface area contributed by atoms with Crippen molar-refractivity contribution >= 4 is 5.97 Å². The van der Waals surface area contributed by atoms with Crippen molar-refractivity contribution in [2.24, 2.45) is 0 Å². The zero-order valence-electron chi connectivity index (χ0n) is 12.9. The summed E-state index contributed by atoms with van der Waals surface area (Å²) in [4.78, 5) is 8.90. The number of fused-ring (bicyclic) bond motifs is 1.